The molecule has 27 heteroatoms. The van der Waals surface area contributed by atoms with Crippen LogP contribution in [0.3, 0.4) is 0 Å². The molecule has 3 aromatic rings. The highest BCUT2D eigenvalue weighted by molar-refractivity contribution is 6.07. The van der Waals surface area contributed by atoms with Gasteiger partial charge in [0.1, 0.15) is 37.0 Å². The number of amides is 6. The number of allylic oxidation sites excluding steroid dienone is 2. The van der Waals surface area contributed by atoms with E-state index in [1.165, 1.54) is 29.1 Å². The lowest BCUT2D eigenvalue weighted by molar-refractivity contribution is -0.139. The maximum absolute atomic E-state index is 14.6. The number of aromatic nitrogens is 1. The van der Waals surface area contributed by atoms with Crippen LogP contribution in [0.1, 0.15) is 119 Å². The van der Waals surface area contributed by atoms with Crippen molar-refractivity contribution in [2.45, 2.75) is 128 Å². The zero-order valence-corrected chi connectivity index (χ0v) is 55.6. The number of nitrogens with zero attached hydrogens (tertiary/aromatic N) is 9. The lowest BCUT2D eigenvalue weighted by Crippen LogP contribution is -2.52. The largest absolute Gasteiger partial charge is 0.494 e. The summed E-state index contributed by atoms with van der Waals surface area (Å²) >= 11 is 0. The topological polar surface area (TPSA) is 309 Å². The minimum Gasteiger partial charge on any atom is -0.494 e. The van der Waals surface area contributed by atoms with Crippen LogP contribution in [0.5, 0.6) is 5.75 Å². The summed E-state index contributed by atoms with van der Waals surface area (Å²) in [4.78, 5) is 131. The molecular weight excluding hydrogens is 1230 g/mol. The van der Waals surface area contributed by atoms with E-state index in [1.807, 2.05) is 45.6 Å². The zero-order valence-electron chi connectivity index (χ0n) is 55.6. The minimum atomic E-state index is -1.67. The normalized spacial score (nSPS) is 18.5. The van der Waals surface area contributed by atoms with E-state index >= 15 is 0 Å². The number of carbonyl (C=O) groups excluding carboxylic acids is 8. The molecule has 0 spiro atoms. The van der Waals surface area contributed by atoms with Crippen molar-refractivity contribution in [3.63, 3.8) is 0 Å². The van der Waals surface area contributed by atoms with Crippen molar-refractivity contribution in [1.29, 1.82) is 5.26 Å². The molecule has 3 fully saturated rings. The van der Waals surface area contributed by atoms with Gasteiger partial charge in [0.15, 0.2) is 0 Å². The number of likely N-dealkylation sites (tertiary alicyclic amines) is 1. The number of carboxylic acids is 1. The highest BCUT2D eigenvalue weighted by Gasteiger charge is 2.43. The third-order valence-corrected chi connectivity index (χ3v) is 17.2. The maximum atomic E-state index is 14.6. The fourth-order valence-electron chi connectivity index (χ4n) is 11.8. The SMILES string of the molecule is C/C(=C\CCCCC(NC(=O)CN1CCN(COC=O)CCN(COC=O)CCN(CC(=O)O)CC1)C(=O)NCCCCCC(=O)N1CCN(CCCCOc2ccc3nccc(C(=O)NCC(=O)N4CC(C)(F)C[C@@H]4C#N)c3c2)CC1)NC(=O)CCCc1ccc(C)cc1. The average molecular weight is 1320 g/mol. The number of carboxylic acid groups (broad SMARTS) is 1. The van der Waals surface area contributed by atoms with Crippen molar-refractivity contribution >= 4 is 65.3 Å². The number of piperazine rings is 1. The number of aryl methyl sites for hydroxylation is 2. The Balaban J connectivity index is 0.918. The summed E-state index contributed by atoms with van der Waals surface area (Å²) in [6, 6.07) is 15.4. The molecule has 4 heterocycles. The van der Waals surface area contributed by atoms with Gasteiger partial charge in [-0.05, 0) is 115 Å². The molecule has 0 saturated carbocycles. The van der Waals surface area contributed by atoms with Gasteiger partial charge in [-0.2, -0.15) is 5.26 Å². The van der Waals surface area contributed by atoms with Gasteiger partial charge in [0.2, 0.25) is 29.5 Å². The number of hydrogen-bond acceptors (Lipinski definition) is 19. The predicted molar refractivity (Wildman–Crippen MR) is 353 cm³/mol. The van der Waals surface area contributed by atoms with Crippen LogP contribution in [0, 0.1) is 18.3 Å². The minimum absolute atomic E-state index is 0.00128. The highest BCUT2D eigenvalue weighted by Crippen LogP contribution is 2.30. The molecule has 0 bridgehead atoms. The Morgan fingerprint density at radius 1 is 0.747 bits per heavy atom. The van der Waals surface area contributed by atoms with Crippen molar-refractivity contribution in [3.8, 4) is 11.8 Å². The molecule has 0 aliphatic carbocycles. The summed E-state index contributed by atoms with van der Waals surface area (Å²) in [5.74, 6) is -2.18. The van der Waals surface area contributed by atoms with E-state index in [9.17, 15) is 57.9 Å². The Hall–Kier alpha value is -8.16. The number of carbonyl (C=O) groups is 9. The summed E-state index contributed by atoms with van der Waals surface area (Å²) in [5.41, 5.74) is 2.32. The molecule has 26 nitrogen and oxygen atoms in total. The first-order valence-electron chi connectivity index (χ1n) is 33.3. The number of pyridine rings is 1. The van der Waals surface area contributed by atoms with Crippen LogP contribution >= 0.6 is 0 Å². The number of halogens is 1. The monoisotopic (exact) mass is 1320 g/mol. The first-order chi connectivity index (χ1) is 45.8. The van der Waals surface area contributed by atoms with Crippen LogP contribution < -0.4 is 26.0 Å². The van der Waals surface area contributed by atoms with E-state index in [0.717, 1.165) is 51.0 Å². The van der Waals surface area contributed by atoms with Gasteiger partial charge in [0.05, 0.1) is 49.9 Å². The van der Waals surface area contributed by atoms with Gasteiger partial charge in [-0.15, -0.1) is 0 Å². The molecule has 95 heavy (non-hydrogen) atoms. The van der Waals surface area contributed by atoms with Gasteiger partial charge in [0.25, 0.3) is 18.9 Å². The van der Waals surface area contributed by atoms with Gasteiger partial charge >= 0.3 is 5.97 Å². The number of unbranched alkanes of at least 4 members (excludes halogenated alkanes) is 5. The molecule has 1 aromatic heterocycles. The number of rotatable bonds is 37. The van der Waals surface area contributed by atoms with Gasteiger partial charge in [-0.25, -0.2) is 4.39 Å². The fraction of sp³-hybridized carbons (Fsp3) is 0.603. The second kappa shape index (κ2) is 40.9. The Labute approximate surface area is 557 Å². The molecule has 6 rings (SSSR count). The Kier molecular flexibility index (Phi) is 32.7. The molecule has 3 atom stereocenters. The number of ether oxygens (including phenoxy) is 3. The number of benzene rings is 2. The Morgan fingerprint density at radius 2 is 1.41 bits per heavy atom. The second-order valence-electron chi connectivity index (χ2n) is 25.0. The van der Waals surface area contributed by atoms with Crippen LogP contribution in [0.4, 0.5) is 4.39 Å². The van der Waals surface area contributed by atoms with E-state index in [1.54, 1.807) is 29.2 Å². The van der Waals surface area contributed by atoms with E-state index in [2.05, 4.69) is 55.4 Å². The second-order valence-corrected chi connectivity index (χ2v) is 25.0. The molecule has 2 aromatic carbocycles. The molecule has 3 aliphatic rings. The van der Waals surface area contributed by atoms with Crippen LogP contribution in [-0.2, 0) is 54.3 Å². The molecule has 520 valence electrons. The fourth-order valence-corrected chi connectivity index (χ4v) is 11.8. The highest BCUT2D eigenvalue weighted by atomic mass is 19.1. The molecule has 2 unspecified atom stereocenters. The Bertz CT molecular complexity index is 3050. The average Bonchev–Trinajstić information content (AvgIpc) is 1.72. The van der Waals surface area contributed by atoms with Crippen LogP contribution in [0.2, 0.25) is 0 Å². The predicted octanol–water partition coefficient (Wildman–Crippen LogP) is 3.76. The number of hydrogen-bond donors (Lipinski definition) is 5. The van der Waals surface area contributed by atoms with Crippen molar-refractivity contribution < 1.29 is 66.9 Å². The number of nitriles is 1. The van der Waals surface area contributed by atoms with Gasteiger partial charge in [-0.1, -0.05) is 48.7 Å². The van der Waals surface area contributed by atoms with E-state index in [-0.39, 0.29) is 63.8 Å². The summed E-state index contributed by atoms with van der Waals surface area (Å²) in [7, 11) is 0. The Morgan fingerprint density at radius 3 is 2.07 bits per heavy atom. The summed E-state index contributed by atoms with van der Waals surface area (Å²) in [6.45, 7) is 12.3. The number of fused-ring (bicyclic) bond motifs is 1. The van der Waals surface area contributed by atoms with Crippen LogP contribution in [-0.4, -0.2) is 254 Å². The zero-order chi connectivity index (χ0) is 68.4. The van der Waals surface area contributed by atoms with Crippen molar-refractivity contribution in [1.82, 2.24) is 60.6 Å². The summed E-state index contributed by atoms with van der Waals surface area (Å²) in [5, 5.41) is 31.3. The molecule has 3 aliphatic heterocycles. The van der Waals surface area contributed by atoms with E-state index < -0.39 is 41.4 Å². The first-order valence-corrected chi connectivity index (χ1v) is 33.3. The lowest BCUT2D eigenvalue weighted by Gasteiger charge is -2.34. The standard InChI is InChI=1S/C68H98FN13O13/c1-52-18-20-54(21-19-52)14-12-16-61(85)74-53(2)13-6-4-7-15-60(75-62(86)45-77-28-29-78(46-65(89)90)31-33-80(49-94-51-84)35-34-79(32-30-77)48-93-50-83)67(92)72-25-9-5-8-17-63(87)81-38-36-76(37-39-81)27-10-11-40-95-56-22-23-59-58(41-56)57(24-26-71-59)66(91)73-44-64(88)82-47-68(3,69)42-55(82)43-70/h13,18-24,26,41,50-51,55,60H,4-12,14-17,25,27-40,42,44-49H2,1-3H3,(H,72,92)(H,73,91)(H,74,85)(H,75,86)(H,89,90)/b53-13+/t55-,60?,68?/m1/s1. The van der Waals surface area contributed by atoms with Crippen molar-refractivity contribution in [2.75, 3.05) is 138 Å². The smallest absolute Gasteiger partial charge is 0.317 e. The number of alkyl halides is 1. The third kappa shape index (κ3) is 28.0. The van der Waals surface area contributed by atoms with Gasteiger partial charge in [0, 0.05) is 122 Å². The quantitative estimate of drug-likeness (QED) is 0.0405. The third-order valence-electron chi connectivity index (χ3n) is 17.2. The molecule has 0 radical (unpaired) electrons. The van der Waals surface area contributed by atoms with Crippen molar-refractivity contribution in [2.24, 2.45) is 0 Å². The maximum Gasteiger partial charge on any atom is 0.317 e. The van der Waals surface area contributed by atoms with E-state index in [0.29, 0.717) is 172 Å². The summed E-state index contributed by atoms with van der Waals surface area (Å²) < 4.78 is 30.8. The molecule has 6 amide bonds. The van der Waals surface area contributed by atoms with E-state index in [4.69, 9.17) is 14.2 Å². The van der Waals surface area contributed by atoms with Crippen LogP contribution in [0.15, 0.2) is 66.5 Å². The van der Waals surface area contributed by atoms with Gasteiger partial charge in [-0.3, -0.25) is 72.6 Å². The molecule has 5 N–H and O–H groups in total. The van der Waals surface area contributed by atoms with Crippen LogP contribution in [0.25, 0.3) is 10.9 Å². The molecule has 3 saturated heterocycles. The first kappa shape index (κ1) is 75.9. The number of aliphatic carboxylic acids is 1. The lowest BCUT2D eigenvalue weighted by atomic mass is 10.1. The summed E-state index contributed by atoms with van der Waals surface area (Å²) in [6.07, 6.45) is 11.6. The molecular formula is C68H98FN13O13. The number of nitrogens with one attached hydrogen (secondary N) is 4. The van der Waals surface area contributed by atoms with Gasteiger partial charge < -0.3 is 50.4 Å². The van der Waals surface area contributed by atoms with Crippen molar-refractivity contribution in [3.05, 3.63) is 83.2 Å².